The maximum absolute atomic E-state index is 13.4. The minimum absolute atomic E-state index is 0.0134. The van der Waals surface area contributed by atoms with Gasteiger partial charge in [-0.05, 0) is 31.0 Å². The lowest BCUT2D eigenvalue weighted by molar-refractivity contribution is -0.137. The van der Waals surface area contributed by atoms with Gasteiger partial charge in [0.05, 0.1) is 30.3 Å². The third kappa shape index (κ3) is 4.84. The van der Waals surface area contributed by atoms with Crippen LogP contribution in [0.3, 0.4) is 0 Å². The predicted octanol–water partition coefficient (Wildman–Crippen LogP) is 1.77. The van der Waals surface area contributed by atoms with Crippen LogP contribution in [0.5, 0.6) is 0 Å². The molecule has 1 heterocycles. The molecule has 2 amide bonds. The van der Waals surface area contributed by atoms with E-state index in [2.05, 4.69) is 5.32 Å². The summed E-state index contributed by atoms with van der Waals surface area (Å²) in [4.78, 5) is 28.4. The third-order valence-electron chi connectivity index (χ3n) is 5.29. The van der Waals surface area contributed by atoms with Crippen LogP contribution in [0.4, 0.5) is 18.9 Å². The molecule has 0 spiro atoms. The quantitative estimate of drug-likeness (QED) is 0.704. The van der Waals surface area contributed by atoms with Crippen LogP contribution in [0.25, 0.3) is 0 Å². The number of halogens is 3. The number of hydrogen-bond acceptors (Lipinski definition) is 5. The smallest absolute Gasteiger partial charge is 0.383 e. The number of carbonyl (C=O) groups excluding carboxylic acids is 2. The number of benzene rings is 1. The molecule has 1 N–H and O–H groups in total. The number of hydrogen-bond donors (Lipinski definition) is 1. The molecule has 3 rings (SSSR count). The molecular formula is C20H23F3N4O3. The highest BCUT2D eigenvalue weighted by molar-refractivity contribution is 5.88. The molecule has 1 saturated carbocycles. The fraction of sp³-hybridized carbons (Fsp3) is 0.550. The van der Waals surface area contributed by atoms with E-state index in [-0.39, 0.29) is 43.8 Å². The van der Waals surface area contributed by atoms with Gasteiger partial charge in [-0.2, -0.15) is 18.4 Å². The highest BCUT2D eigenvalue weighted by Crippen LogP contribution is 2.36. The molecule has 1 atom stereocenters. The number of anilines is 1. The van der Waals surface area contributed by atoms with Crippen molar-refractivity contribution in [3.8, 4) is 6.07 Å². The van der Waals surface area contributed by atoms with Gasteiger partial charge in [-0.25, -0.2) is 0 Å². The first-order valence-corrected chi connectivity index (χ1v) is 9.69. The molecule has 1 saturated heterocycles. The van der Waals surface area contributed by atoms with Crippen molar-refractivity contribution in [3.05, 3.63) is 29.3 Å². The Kier molecular flexibility index (Phi) is 6.51. The van der Waals surface area contributed by atoms with Crippen molar-refractivity contribution in [1.82, 2.24) is 10.2 Å². The van der Waals surface area contributed by atoms with Crippen LogP contribution in [0.1, 0.15) is 24.0 Å². The number of nitrogens with one attached hydrogen (secondary N) is 1. The van der Waals surface area contributed by atoms with E-state index in [1.165, 1.54) is 13.2 Å². The topological polar surface area (TPSA) is 85.7 Å². The van der Waals surface area contributed by atoms with Gasteiger partial charge < -0.3 is 19.9 Å². The fourth-order valence-electron chi connectivity index (χ4n) is 3.54. The van der Waals surface area contributed by atoms with Crippen LogP contribution in [-0.2, 0) is 20.5 Å². The van der Waals surface area contributed by atoms with Crippen molar-refractivity contribution in [2.45, 2.75) is 25.1 Å². The summed E-state index contributed by atoms with van der Waals surface area (Å²) in [6, 6.07) is 4.13. The van der Waals surface area contributed by atoms with E-state index >= 15 is 0 Å². The van der Waals surface area contributed by atoms with Crippen molar-refractivity contribution in [2.75, 3.05) is 44.8 Å². The number of carbonyl (C=O) groups is 2. The Labute approximate surface area is 172 Å². The molecule has 0 aromatic heterocycles. The number of nitriles is 1. The summed E-state index contributed by atoms with van der Waals surface area (Å²) >= 11 is 0. The van der Waals surface area contributed by atoms with Crippen LogP contribution in [-0.4, -0.2) is 62.7 Å². The first-order chi connectivity index (χ1) is 14.3. The van der Waals surface area contributed by atoms with E-state index in [4.69, 9.17) is 10.00 Å². The highest BCUT2D eigenvalue weighted by atomic mass is 19.4. The van der Waals surface area contributed by atoms with Gasteiger partial charge in [-0.1, -0.05) is 0 Å². The zero-order chi connectivity index (χ0) is 21.9. The number of ether oxygens (including phenoxy) is 1. The predicted molar refractivity (Wildman–Crippen MR) is 101 cm³/mol. The molecule has 7 nitrogen and oxygen atoms in total. The lowest BCUT2D eigenvalue weighted by atomic mass is 10.0. The van der Waals surface area contributed by atoms with E-state index in [1.807, 2.05) is 0 Å². The summed E-state index contributed by atoms with van der Waals surface area (Å²) in [5, 5.41) is 11.7. The second-order valence-electron chi connectivity index (χ2n) is 7.39. The molecule has 1 aromatic carbocycles. The number of alkyl halides is 3. The Bertz CT molecular complexity index is 849. The zero-order valence-corrected chi connectivity index (χ0v) is 16.5. The summed E-state index contributed by atoms with van der Waals surface area (Å²) in [6.07, 6.45) is -3.04. The third-order valence-corrected chi connectivity index (χ3v) is 5.29. The van der Waals surface area contributed by atoms with Gasteiger partial charge in [0, 0.05) is 38.3 Å². The van der Waals surface area contributed by atoms with Crippen molar-refractivity contribution >= 4 is 17.5 Å². The van der Waals surface area contributed by atoms with Crippen molar-refractivity contribution in [1.29, 1.82) is 5.26 Å². The maximum Gasteiger partial charge on any atom is 0.417 e. The van der Waals surface area contributed by atoms with Gasteiger partial charge in [-0.3, -0.25) is 9.59 Å². The second-order valence-corrected chi connectivity index (χ2v) is 7.39. The van der Waals surface area contributed by atoms with Crippen molar-refractivity contribution < 1.29 is 27.5 Å². The number of piperazine rings is 1. The molecule has 10 heteroatoms. The number of methoxy groups -OCH3 is 1. The first kappa shape index (κ1) is 21.9. The standard InChI is InChI=1S/C20H23F3N4O3/c1-30-9-6-25-18(28)17-12-26(19(29)13-2-3-13)7-8-27(17)15-5-4-14(11-24)16(10-15)20(21,22)23/h4-5,10,13,17H,2-3,6-9,12H2,1H3,(H,25,28). The summed E-state index contributed by atoms with van der Waals surface area (Å²) < 4.78 is 45.1. The van der Waals surface area contributed by atoms with Crippen LogP contribution in [0.15, 0.2) is 18.2 Å². The minimum atomic E-state index is -4.69. The molecule has 1 aromatic rings. The molecule has 2 aliphatic rings. The number of amides is 2. The lowest BCUT2D eigenvalue weighted by Gasteiger charge is -2.42. The van der Waals surface area contributed by atoms with Gasteiger partial charge in [0.2, 0.25) is 11.8 Å². The Hall–Kier alpha value is -2.80. The molecule has 0 bridgehead atoms. The van der Waals surface area contributed by atoms with E-state index in [9.17, 15) is 22.8 Å². The van der Waals surface area contributed by atoms with Crippen molar-refractivity contribution in [3.63, 3.8) is 0 Å². The van der Waals surface area contributed by atoms with E-state index in [0.29, 0.717) is 6.54 Å². The Balaban J connectivity index is 1.88. The van der Waals surface area contributed by atoms with Crippen LogP contribution < -0.4 is 10.2 Å². The average molecular weight is 424 g/mol. The summed E-state index contributed by atoms with van der Waals surface area (Å²) in [5.41, 5.74) is -1.33. The lowest BCUT2D eigenvalue weighted by Crippen LogP contribution is -2.60. The molecule has 1 unspecified atom stereocenters. The summed E-state index contributed by atoms with van der Waals surface area (Å²) in [7, 11) is 1.49. The first-order valence-electron chi connectivity index (χ1n) is 9.69. The Morgan fingerprint density at radius 2 is 2.03 bits per heavy atom. The van der Waals surface area contributed by atoms with Gasteiger partial charge in [-0.15, -0.1) is 0 Å². The summed E-state index contributed by atoms with van der Waals surface area (Å²) in [6.45, 7) is 1.16. The molecule has 162 valence electrons. The monoisotopic (exact) mass is 424 g/mol. The van der Waals surface area contributed by atoms with E-state index in [1.54, 1.807) is 15.9 Å². The molecule has 0 radical (unpaired) electrons. The molecule has 1 aliphatic carbocycles. The van der Waals surface area contributed by atoms with Crippen LogP contribution in [0.2, 0.25) is 0 Å². The molecule has 1 aliphatic heterocycles. The second kappa shape index (κ2) is 8.92. The van der Waals surface area contributed by atoms with Gasteiger partial charge in [0.15, 0.2) is 0 Å². The molecular weight excluding hydrogens is 401 g/mol. The van der Waals surface area contributed by atoms with E-state index in [0.717, 1.165) is 25.0 Å². The number of rotatable bonds is 6. The van der Waals surface area contributed by atoms with E-state index < -0.39 is 29.3 Å². The zero-order valence-electron chi connectivity index (χ0n) is 16.5. The largest absolute Gasteiger partial charge is 0.417 e. The maximum atomic E-state index is 13.4. The minimum Gasteiger partial charge on any atom is -0.383 e. The Morgan fingerprint density at radius 3 is 2.63 bits per heavy atom. The van der Waals surface area contributed by atoms with Crippen molar-refractivity contribution in [2.24, 2.45) is 5.92 Å². The van der Waals surface area contributed by atoms with Crippen LogP contribution >= 0.6 is 0 Å². The fourth-order valence-corrected chi connectivity index (χ4v) is 3.54. The molecule has 30 heavy (non-hydrogen) atoms. The van der Waals surface area contributed by atoms with Crippen LogP contribution in [0, 0.1) is 17.2 Å². The molecule has 2 fully saturated rings. The summed E-state index contributed by atoms with van der Waals surface area (Å²) in [5.74, 6) is -0.418. The van der Waals surface area contributed by atoms with Gasteiger partial charge >= 0.3 is 6.18 Å². The Morgan fingerprint density at radius 1 is 1.30 bits per heavy atom. The SMILES string of the molecule is COCCNC(=O)C1CN(C(=O)C2CC2)CCN1c1ccc(C#N)c(C(F)(F)F)c1. The average Bonchev–Trinajstić information content (AvgIpc) is 3.57. The highest BCUT2D eigenvalue weighted by Gasteiger charge is 2.40. The van der Waals surface area contributed by atoms with Gasteiger partial charge in [0.25, 0.3) is 0 Å². The normalized spacial score (nSPS) is 19.4. The van der Waals surface area contributed by atoms with Gasteiger partial charge in [0.1, 0.15) is 6.04 Å². The number of nitrogens with zero attached hydrogens (tertiary/aromatic N) is 3.